The predicted octanol–water partition coefficient (Wildman–Crippen LogP) is 0.427. The van der Waals surface area contributed by atoms with Gasteiger partial charge in [-0.1, -0.05) is 6.92 Å². The van der Waals surface area contributed by atoms with Crippen molar-refractivity contribution in [1.29, 1.82) is 0 Å². The van der Waals surface area contributed by atoms with Gasteiger partial charge in [-0.15, -0.1) is 23.7 Å². The molecular formula is C9H15ClN2O4S3. The Hall–Kier alpha value is -0.190. The Bertz CT molecular complexity index is 666. The molecule has 1 aromatic rings. The molecule has 0 radical (unpaired) electrons. The van der Waals surface area contributed by atoms with Gasteiger partial charge in [-0.25, -0.2) is 22.0 Å². The molecule has 0 bridgehead atoms. The molecule has 10 heteroatoms. The van der Waals surface area contributed by atoms with Crippen LogP contribution >= 0.6 is 23.7 Å². The van der Waals surface area contributed by atoms with E-state index in [9.17, 15) is 16.8 Å². The molecule has 0 aromatic carbocycles. The van der Waals surface area contributed by atoms with E-state index < -0.39 is 19.9 Å². The number of hydrogen-bond donors (Lipinski definition) is 1. The summed E-state index contributed by atoms with van der Waals surface area (Å²) >= 11 is 0.747. The van der Waals surface area contributed by atoms with Gasteiger partial charge in [-0.2, -0.15) is 0 Å². The Labute approximate surface area is 123 Å². The zero-order valence-electron chi connectivity index (χ0n) is 10.2. The minimum atomic E-state index is -3.85. The van der Waals surface area contributed by atoms with E-state index >= 15 is 0 Å². The third-order valence-corrected chi connectivity index (χ3v) is 7.78. The topological polar surface area (TPSA) is 97.5 Å². The van der Waals surface area contributed by atoms with Crippen molar-refractivity contribution in [3.63, 3.8) is 0 Å². The molecule has 0 fully saturated rings. The predicted molar refractivity (Wildman–Crippen MR) is 75.9 cm³/mol. The highest BCUT2D eigenvalue weighted by Crippen LogP contribution is 2.33. The van der Waals surface area contributed by atoms with Crippen LogP contribution in [-0.2, 0) is 26.4 Å². The summed E-state index contributed by atoms with van der Waals surface area (Å²) in [6.45, 7) is 3.56. The second kappa shape index (κ2) is 5.66. The summed E-state index contributed by atoms with van der Waals surface area (Å²) in [5.74, 6) is 0.0123. The fourth-order valence-corrected chi connectivity index (χ4v) is 5.89. The van der Waals surface area contributed by atoms with E-state index in [2.05, 4.69) is 0 Å². The van der Waals surface area contributed by atoms with E-state index in [0.29, 0.717) is 18.7 Å². The maximum atomic E-state index is 12.0. The first-order valence-electron chi connectivity index (χ1n) is 5.34. The average Bonchev–Trinajstić information content (AvgIpc) is 2.64. The number of nitrogens with two attached hydrogens (primary N) is 1. The van der Waals surface area contributed by atoms with E-state index in [-0.39, 0.29) is 26.6 Å². The molecule has 6 nitrogen and oxygen atoms in total. The maximum absolute atomic E-state index is 12.0. The molecular weight excluding hydrogens is 332 g/mol. The van der Waals surface area contributed by atoms with Crippen LogP contribution in [0.5, 0.6) is 0 Å². The number of fused-ring (bicyclic) bond motifs is 1. The number of halogens is 1. The fraction of sp³-hybridized carbons (Fsp3) is 0.556. The summed E-state index contributed by atoms with van der Waals surface area (Å²) in [7, 11) is -7.25. The Balaban J connectivity index is 0.00000180. The number of rotatable bonds is 2. The van der Waals surface area contributed by atoms with Crippen LogP contribution in [0.15, 0.2) is 14.5 Å². The summed E-state index contributed by atoms with van der Waals surface area (Å²) in [5, 5.41) is 5.04. The number of hydrogen-bond acceptors (Lipinski definition) is 6. The first-order valence-corrected chi connectivity index (χ1v) is 9.36. The molecule has 19 heavy (non-hydrogen) atoms. The Kier molecular flexibility index (Phi) is 5.03. The van der Waals surface area contributed by atoms with Crippen LogP contribution in [0.1, 0.15) is 12.5 Å². The van der Waals surface area contributed by atoms with Gasteiger partial charge in [-0.05, 0) is 18.2 Å². The van der Waals surface area contributed by atoms with Crippen molar-refractivity contribution in [3.8, 4) is 0 Å². The molecule has 2 rings (SSSR count). The fourth-order valence-electron chi connectivity index (χ4n) is 1.83. The molecule has 0 saturated heterocycles. The molecule has 0 amide bonds. The smallest absolute Gasteiger partial charge is 0.247 e. The molecule has 110 valence electrons. The number of sulfonamides is 1. The quantitative estimate of drug-likeness (QED) is 0.837. The summed E-state index contributed by atoms with van der Waals surface area (Å²) < 4.78 is 46.7. The summed E-state index contributed by atoms with van der Waals surface area (Å²) in [6, 6.07) is 1.38. The SMILES string of the molecule is CCN1CCS(=O)(=O)c2sc(S(N)(=O)=O)cc2C1.Cl. The molecule has 1 aliphatic heterocycles. The molecule has 0 saturated carbocycles. The second-order valence-corrected chi connectivity index (χ2v) is 9.26. The Morgan fingerprint density at radius 2 is 2.11 bits per heavy atom. The number of sulfone groups is 1. The van der Waals surface area contributed by atoms with E-state index in [1.807, 2.05) is 11.8 Å². The zero-order valence-corrected chi connectivity index (χ0v) is 13.5. The van der Waals surface area contributed by atoms with Crippen molar-refractivity contribution < 1.29 is 16.8 Å². The van der Waals surface area contributed by atoms with Crippen molar-refractivity contribution in [2.45, 2.75) is 21.9 Å². The van der Waals surface area contributed by atoms with Crippen LogP contribution in [0.3, 0.4) is 0 Å². The summed E-state index contributed by atoms with van der Waals surface area (Å²) in [5.41, 5.74) is 0.531. The van der Waals surface area contributed by atoms with Gasteiger partial charge in [0, 0.05) is 13.1 Å². The standard InChI is InChI=1S/C9H14N2O4S3.ClH/c1-2-11-3-4-17(12,13)9-7(6-11)5-8(16-9)18(10,14)15;/h5H,2-4,6H2,1H3,(H2,10,14,15);1H. The van der Waals surface area contributed by atoms with Gasteiger partial charge in [0.1, 0.15) is 8.42 Å². The lowest BCUT2D eigenvalue weighted by Gasteiger charge is -2.16. The maximum Gasteiger partial charge on any atom is 0.247 e. The number of nitrogens with zero attached hydrogens (tertiary/aromatic N) is 1. The highest BCUT2D eigenvalue weighted by molar-refractivity contribution is 7.95. The second-order valence-electron chi connectivity index (χ2n) is 4.11. The van der Waals surface area contributed by atoms with Crippen molar-refractivity contribution >= 4 is 43.6 Å². The first-order chi connectivity index (χ1) is 8.24. The highest BCUT2D eigenvalue weighted by Gasteiger charge is 2.29. The van der Waals surface area contributed by atoms with Crippen LogP contribution in [0.2, 0.25) is 0 Å². The molecule has 0 atom stereocenters. The molecule has 2 heterocycles. The van der Waals surface area contributed by atoms with Gasteiger partial charge in [0.25, 0.3) is 0 Å². The van der Waals surface area contributed by atoms with Gasteiger partial charge in [0.15, 0.2) is 9.84 Å². The zero-order chi connectivity index (χ0) is 13.6. The molecule has 2 N–H and O–H groups in total. The average molecular weight is 347 g/mol. The van der Waals surface area contributed by atoms with E-state index in [1.54, 1.807) is 0 Å². The number of primary sulfonamides is 1. The molecule has 0 aliphatic carbocycles. The molecule has 0 unspecified atom stereocenters. The first kappa shape index (κ1) is 16.9. The van der Waals surface area contributed by atoms with Crippen molar-refractivity contribution in [3.05, 3.63) is 11.6 Å². The largest absolute Gasteiger partial charge is 0.298 e. The molecule has 1 aromatic heterocycles. The van der Waals surface area contributed by atoms with E-state index in [0.717, 1.165) is 17.9 Å². The van der Waals surface area contributed by atoms with Crippen molar-refractivity contribution in [2.24, 2.45) is 5.14 Å². The number of thiophene rings is 1. The summed E-state index contributed by atoms with van der Waals surface area (Å²) in [6.07, 6.45) is 0. The van der Waals surface area contributed by atoms with Gasteiger partial charge in [-0.3, -0.25) is 4.90 Å². The molecule has 1 aliphatic rings. The van der Waals surface area contributed by atoms with Crippen LogP contribution < -0.4 is 5.14 Å². The van der Waals surface area contributed by atoms with Gasteiger partial charge >= 0.3 is 0 Å². The van der Waals surface area contributed by atoms with Crippen LogP contribution in [0, 0.1) is 0 Å². The minimum Gasteiger partial charge on any atom is -0.298 e. The lowest BCUT2D eigenvalue weighted by atomic mass is 10.3. The normalized spacial score (nSPS) is 19.3. The summed E-state index contributed by atoms with van der Waals surface area (Å²) in [4.78, 5) is 1.96. The van der Waals surface area contributed by atoms with E-state index in [4.69, 9.17) is 5.14 Å². The lowest BCUT2D eigenvalue weighted by Crippen LogP contribution is -2.25. The van der Waals surface area contributed by atoms with Gasteiger partial charge < -0.3 is 0 Å². The van der Waals surface area contributed by atoms with Crippen molar-refractivity contribution in [2.75, 3.05) is 18.8 Å². The lowest BCUT2D eigenvalue weighted by molar-refractivity contribution is 0.298. The van der Waals surface area contributed by atoms with Gasteiger partial charge in [0.2, 0.25) is 10.0 Å². The molecule has 0 spiro atoms. The third kappa shape index (κ3) is 3.47. The van der Waals surface area contributed by atoms with E-state index in [1.165, 1.54) is 6.07 Å². The Morgan fingerprint density at radius 1 is 1.47 bits per heavy atom. The Morgan fingerprint density at radius 3 is 2.63 bits per heavy atom. The van der Waals surface area contributed by atoms with Crippen LogP contribution in [-0.4, -0.2) is 40.6 Å². The van der Waals surface area contributed by atoms with Crippen LogP contribution in [0.25, 0.3) is 0 Å². The minimum absolute atomic E-state index is 0. The van der Waals surface area contributed by atoms with Gasteiger partial charge in [0.05, 0.1) is 5.75 Å². The third-order valence-electron chi connectivity index (χ3n) is 2.83. The van der Waals surface area contributed by atoms with Crippen molar-refractivity contribution in [1.82, 2.24) is 4.90 Å². The monoisotopic (exact) mass is 346 g/mol. The highest BCUT2D eigenvalue weighted by atomic mass is 35.5. The van der Waals surface area contributed by atoms with Crippen LogP contribution in [0.4, 0.5) is 0 Å².